The molecule has 3 fully saturated rings. The molecule has 8 atom stereocenters. The first kappa shape index (κ1) is 38.2. The molecule has 3 saturated carbocycles. The highest BCUT2D eigenvalue weighted by Gasteiger charge is 2.56. The van der Waals surface area contributed by atoms with Gasteiger partial charge in [0.15, 0.2) is 6.61 Å². The average molecular weight is 788 g/mol. The predicted octanol–water partition coefficient (Wildman–Crippen LogP) is 12.4. The van der Waals surface area contributed by atoms with Gasteiger partial charge in [0.25, 0.3) is 0 Å². The molecule has 0 amide bonds. The Kier molecular flexibility index (Phi) is 11.2. The number of hydrogen-bond donors (Lipinski definition) is 0. The summed E-state index contributed by atoms with van der Waals surface area (Å²) in [5.74, 6) is 6.03. The molecule has 4 aliphatic rings. The highest BCUT2D eigenvalue weighted by Crippen LogP contribution is 2.65. The van der Waals surface area contributed by atoms with Crippen molar-refractivity contribution in [2.75, 3.05) is 6.61 Å². The van der Waals surface area contributed by atoms with Crippen molar-refractivity contribution in [3.63, 3.8) is 0 Å². The van der Waals surface area contributed by atoms with Gasteiger partial charge in [0.1, 0.15) is 28.9 Å². The smallest absolute Gasteiger partial charge is 0.344 e. The van der Waals surface area contributed by atoms with Crippen LogP contribution in [-0.4, -0.2) is 18.7 Å². The summed E-state index contributed by atoms with van der Waals surface area (Å²) in [4.78, 5) is 26.3. The van der Waals surface area contributed by atoms with Gasteiger partial charge >= 0.3 is 5.97 Å². The highest BCUT2D eigenvalue weighted by atomic mass is 79.9. The Morgan fingerprint density at radius 2 is 1.74 bits per heavy atom. The summed E-state index contributed by atoms with van der Waals surface area (Å²) < 4.78 is 24.6. The fraction of sp³-hybridized carbons (Fsp3) is 0.609. The maximum absolute atomic E-state index is 13.3. The maximum Gasteiger partial charge on any atom is 0.344 e. The van der Waals surface area contributed by atoms with Gasteiger partial charge in [-0.15, -0.1) is 0 Å². The number of carbonyl (C=O) groups is 1. The number of rotatable bonds is 11. The lowest BCUT2D eigenvalue weighted by Crippen LogP contribution is -2.52. The van der Waals surface area contributed by atoms with Crippen LogP contribution in [0, 0.1) is 53.3 Å². The van der Waals surface area contributed by atoms with Crippen molar-refractivity contribution in [2.24, 2.45) is 46.3 Å². The van der Waals surface area contributed by atoms with Gasteiger partial charge in [-0.25, -0.2) is 4.79 Å². The zero-order chi connectivity index (χ0) is 37.5. The third-order valence-corrected chi connectivity index (χ3v) is 14.6. The minimum Gasteiger partial charge on any atom is -0.482 e. The summed E-state index contributed by atoms with van der Waals surface area (Å²) >= 11 is 3.41. The van der Waals surface area contributed by atoms with Crippen LogP contribution in [0.25, 0.3) is 11.0 Å². The molecule has 0 spiro atoms. The molecule has 7 heteroatoms. The van der Waals surface area contributed by atoms with Crippen molar-refractivity contribution in [1.82, 2.24) is 0 Å². The van der Waals surface area contributed by atoms with Crippen LogP contribution in [0.2, 0.25) is 0 Å². The molecular weight excluding hydrogens is 728 g/mol. The van der Waals surface area contributed by atoms with E-state index in [0.717, 1.165) is 59.2 Å². The lowest BCUT2D eigenvalue weighted by molar-refractivity contribution is -0.154. The van der Waals surface area contributed by atoms with Crippen LogP contribution < -0.4 is 14.9 Å². The molecule has 0 radical (unpaired) electrons. The molecule has 0 bridgehead atoms. The zero-order valence-electron chi connectivity index (χ0n) is 32.7. The topological polar surface area (TPSA) is 75.0 Å². The fourth-order valence-electron chi connectivity index (χ4n) is 11.1. The van der Waals surface area contributed by atoms with Crippen molar-refractivity contribution in [1.29, 1.82) is 0 Å². The van der Waals surface area contributed by atoms with Gasteiger partial charge in [-0.05, 0) is 141 Å². The number of hydrogen-bond acceptors (Lipinski definition) is 6. The van der Waals surface area contributed by atoms with Crippen LogP contribution in [0.15, 0.2) is 67.8 Å². The molecule has 0 N–H and O–H groups in total. The van der Waals surface area contributed by atoms with E-state index in [1.807, 2.05) is 12.1 Å². The van der Waals surface area contributed by atoms with E-state index in [1.165, 1.54) is 63.4 Å². The van der Waals surface area contributed by atoms with E-state index < -0.39 is 0 Å². The highest BCUT2D eigenvalue weighted by molar-refractivity contribution is 9.10. The molecule has 4 aliphatic carbocycles. The summed E-state index contributed by atoms with van der Waals surface area (Å²) in [6, 6.07) is 12.2. The monoisotopic (exact) mass is 786 g/mol. The zero-order valence-corrected chi connectivity index (χ0v) is 34.3. The Labute approximate surface area is 324 Å². The van der Waals surface area contributed by atoms with E-state index in [4.69, 9.17) is 18.6 Å². The molecular formula is C46H59BrO6. The molecule has 0 saturated heterocycles. The summed E-state index contributed by atoms with van der Waals surface area (Å²) in [6.45, 7) is 13.9. The lowest BCUT2D eigenvalue weighted by Gasteiger charge is -2.61. The molecule has 3 aromatic rings. The van der Waals surface area contributed by atoms with Gasteiger partial charge in [-0.1, -0.05) is 81.5 Å². The van der Waals surface area contributed by atoms with Crippen LogP contribution in [0.3, 0.4) is 0 Å². The summed E-state index contributed by atoms with van der Waals surface area (Å²) in [5.41, 5.74) is 2.32. The van der Waals surface area contributed by atoms with Crippen molar-refractivity contribution >= 4 is 32.9 Å². The predicted molar refractivity (Wildman–Crippen MR) is 214 cm³/mol. The minimum atomic E-state index is -0.368. The Morgan fingerprint density at radius 3 is 2.51 bits per heavy atom. The molecule has 53 heavy (non-hydrogen) atoms. The fourth-order valence-corrected chi connectivity index (χ4v) is 11.3. The van der Waals surface area contributed by atoms with Crippen molar-refractivity contribution in [3.05, 3.63) is 74.6 Å². The first-order valence-electron chi connectivity index (χ1n) is 20.4. The number of fused-ring (bicyclic) bond motifs is 6. The van der Waals surface area contributed by atoms with Crippen molar-refractivity contribution in [2.45, 2.75) is 125 Å². The molecule has 8 unspecified atom stereocenters. The van der Waals surface area contributed by atoms with Crippen LogP contribution >= 0.6 is 15.9 Å². The molecule has 2 aromatic carbocycles. The van der Waals surface area contributed by atoms with Gasteiger partial charge in [0.2, 0.25) is 11.2 Å². The van der Waals surface area contributed by atoms with Crippen LogP contribution in [-0.2, 0) is 9.53 Å². The lowest BCUT2D eigenvalue weighted by atomic mass is 9.44. The number of aryl methyl sites for hydroxylation is 1. The van der Waals surface area contributed by atoms with E-state index in [2.05, 4.69) is 56.6 Å². The minimum absolute atomic E-state index is 0.120. The SMILES string of the molecule is Cc1oc2cc(OCC(=O)OC3CCC4(C)C(=CCC5C6CCC(C(C)CCCC(C)C)CC6(C)CCC54)C3)ccc2c(=O)c1Oc1ccc(Br)cc1. The second kappa shape index (κ2) is 15.6. The number of halogens is 1. The maximum atomic E-state index is 13.3. The number of ether oxygens (including phenoxy) is 3. The molecule has 7 rings (SSSR count). The van der Waals surface area contributed by atoms with Crippen LogP contribution in [0.5, 0.6) is 17.2 Å². The van der Waals surface area contributed by atoms with Gasteiger partial charge in [-0.2, -0.15) is 0 Å². The largest absolute Gasteiger partial charge is 0.482 e. The number of carbonyl (C=O) groups excluding carboxylic acids is 1. The molecule has 1 aromatic heterocycles. The van der Waals surface area contributed by atoms with Crippen LogP contribution in [0.1, 0.15) is 117 Å². The molecule has 0 aliphatic heterocycles. The molecule has 1 heterocycles. The first-order valence-corrected chi connectivity index (χ1v) is 21.1. The van der Waals surface area contributed by atoms with E-state index >= 15 is 0 Å². The first-order chi connectivity index (χ1) is 25.3. The van der Waals surface area contributed by atoms with Gasteiger partial charge < -0.3 is 18.6 Å². The molecule has 6 nitrogen and oxygen atoms in total. The Bertz CT molecular complexity index is 1880. The number of esters is 1. The summed E-state index contributed by atoms with van der Waals surface area (Å²) in [5, 5.41) is 0.378. The Morgan fingerprint density at radius 1 is 0.962 bits per heavy atom. The van der Waals surface area contributed by atoms with Crippen LogP contribution in [0.4, 0.5) is 0 Å². The Hall–Kier alpha value is -3.06. The Balaban J connectivity index is 0.932. The van der Waals surface area contributed by atoms with Crippen molar-refractivity contribution in [3.8, 4) is 17.2 Å². The van der Waals surface area contributed by atoms with Gasteiger partial charge in [-0.3, -0.25) is 4.79 Å². The number of allylic oxidation sites excluding steroid dienone is 1. The average Bonchev–Trinajstić information content (AvgIpc) is 3.12. The van der Waals surface area contributed by atoms with E-state index in [1.54, 1.807) is 37.3 Å². The third kappa shape index (κ3) is 8.02. The van der Waals surface area contributed by atoms with E-state index in [9.17, 15) is 9.59 Å². The second-order valence-electron chi connectivity index (χ2n) is 18.0. The van der Waals surface area contributed by atoms with E-state index in [0.29, 0.717) is 33.6 Å². The number of benzene rings is 2. The second-order valence-corrected chi connectivity index (χ2v) is 18.9. The van der Waals surface area contributed by atoms with Gasteiger partial charge in [0.05, 0.1) is 5.39 Å². The summed E-state index contributed by atoms with van der Waals surface area (Å²) in [6.07, 6.45) is 17.5. The van der Waals surface area contributed by atoms with E-state index in [-0.39, 0.29) is 35.3 Å². The quantitative estimate of drug-likeness (QED) is 0.142. The standard InChI is InChI=1S/C46H59BrO6/c1-28(2)8-7-9-29(3)31-10-19-39-37-17-11-32-24-36(20-23-46(32,6)40(37)21-22-45(39,5)26-31)52-42(48)27-50-35-16-18-38-41(25-35)51-30(4)44(43(38)49)53-34-14-12-33(47)13-15-34/h11-16,18,25,28-29,31,36-37,39-40H,7-10,17,19-24,26-27H2,1-6H3. The van der Waals surface area contributed by atoms with Gasteiger partial charge in [0, 0.05) is 17.0 Å². The molecule has 286 valence electrons. The summed E-state index contributed by atoms with van der Waals surface area (Å²) in [7, 11) is 0. The third-order valence-electron chi connectivity index (χ3n) is 14.1. The van der Waals surface area contributed by atoms with Crippen molar-refractivity contribution < 1.29 is 23.4 Å². The normalized spacial score (nSPS) is 30.1.